The number of aromatic nitrogens is 3. The zero-order valence-electron chi connectivity index (χ0n) is 15.2. The lowest BCUT2D eigenvalue weighted by molar-refractivity contribution is -0.116. The summed E-state index contributed by atoms with van der Waals surface area (Å²) in [6.45, 7) is 2.75. The molecule has 0 aliphatic carbocycles. The highest BCUT2D eigenvalue weighted by Gasteiger charge is 2.15. The molecule has 2 aromatic carbocycles. The molecule has 5 nitrogen and oxygen atoms in total. The smallest absolute Gasteiger partial charge is 0.191 e. The lowest BCUT2D eigenvalue weighted by Gasteiger charge is -2.07. The first-order chi connectivity index (χ1) is 13.1. The summed E-state index contributed by atoms with van der Waals surface area (Å²) in [5.41, 5.74) is 1.89. The van der Waals surface area contributed by atoms with Gasteiger partial charge in [0.25, 0.3) is 0 Å². The Morgan fingerprint density at radius 1 is 1.19 bits per heavy atom. The Bertz CT molecular complexity index is 925. The minimum Gasteiger partial charge on any atom is -0.497 e. The first-order valence-electron chi connectivity index (χ1n) is 8.57. The van der Waals surface area contributed by atoms with Crippen molar-refractivity contribution >= 4 is 29.1 Å². The summed E-state index contributed by atoms with van der Waals surface area (Å²) in [4.78, 5) is 12.4. The predicted octanol–water partition coefficient (Wildman–Crippen LogP) is 4.53. The van der Waals surface area contributed by atoms with Crippen LogP contribution >= 0.6 is 23.4 Å². The first-order valence-corrected chi connectivity index (χ1v) is 9.93. The average Bonchev–Trinajstić information content (AvgIpc) is 3.10. The van der Waals surface area contributed by atoms with Crippen LogP contribution in [-0.4, -0.2) is 33.4 Å². The van der Waals surface area contributed by atoms with Gasteiger partial charge in [-0.15, -0.1) is 10.2 Å². The third-order valence-corrected chi connectivity index (χ3v) is 5.31. The zero-order valence-corrected chi connectivity index (χ0v) is 16.8. The molecule has 0 aliphatic heterocycles. The number of halogens is 1. The van der Waals surface area contributed by atoms with E-state index in [1.54, 1.807) is 7.11 Å². The van der Waals surface area contributed by atoms with Crippen LogP contribution in [0.25, 0.3) is 11.4 Å². The number of hydrogen-bond donors (Lipinski definition) is 0. The van der Waals surface area contributed by atoms with Crippen LogP contribution in [-0.2, 0) is 17.8 Å². The number of methoxy groups -OCH3 is 1. The van der Waals surface area contributed by atoms with Crippen LogP contribution in [0.2, 0.25) is 5.02 Å². The maximum atomic E-state index is 12.4. The zero-order chi connectivity index (χ0) is 19.2. The number of thioether (sulfide) groups is 1. The van der Waals surface area contributed by atoms with Crippen molar-refractivity contribution in [2.45, 2.75) is 25.0 Å². The van der Waals surface area contributed by atoms with Crippen molar-refractivity contribution in [3.63, 3.8) is 0 Å². The third-order valence-electron chi connectivity index (χ3n) is 4.03. The molecule has 0 saturated heterocycles. The van der Waals surface area contributed by atoms with Crippen LogP contribution in [0.5, 0.6) is 5.75 Å². The largest absolute Gasteiger partial charge is 0.497 e. The Kier molecular flexibility index (Phi) is 6.53. The molecule has 0 unspecified atom stereocenters. The minimum absolute atomic E-state index is 0.131. The first kappa shape index (κ1) is 19.5. The molecular formula is C20H20ClN3O2S. The molecule has 0 fully saturated rings. The molecule has 0 spiro atoms. The van der Waals surface area contributed by atoms with Crippen molar-refractivity contribution in [3.8, 4) is 17.1 Å². The Hall–Kier alpha value is -2.31. The highest BCUT2D eigenvalue weighted by atomic mass is 35.5. The summed E-state index contributed by atoms with van der Waals surface area (Å²) in [7, 11) is 1.62. The Labute approximate surface area is 167 Å². The van der Waals surface area contributed by atoms with Gasteiger partial charge < -0.3 is 9.30 Å². The maximum Gasteiger partial charge on any atom is 0.191 e. The van der Waals surface area contributed by atoms with Crippen molar-refractivity contribution in [1.29, 1.82) is 0 Å². The molecule has 3 rings (SSSR count). The second-order valence-electron chi connectivity index (χ2n) is 5.91. The van der Waals surface area contributed by atoms with Crippen molar-refractivity contribution < 1.29 is 9.53 Å². The van der Waals surface area contributed by atoms with Crippen LogP contribution < -0.4 is 4.74 Å². The highest BCUT2D eigenvalue weighted by Crippen LogP contribution is 2.25. The third kappa shape index (κ3) is 4.90. The SMILES string of the molecule is CCn1c(SCC(=O)Cc2cccc(OC)c2)nnc1-c1ccc(Cl)cc1. The second kappa shape index (κ2) is 9.06. The summed E-state index contributed by atoms with van der Waals surface area (Å²) in [5.74, 6) is 2.01. The van der Waals surface area contributed by atoms with Crippen molar-refractivity contribution in [2.75, 3.05) is 12.9 Å². The number of rotatable bonds is 8. The van der Waals surface area contributed by atoms with Crippen molar-refractivity contribution in [3.05, 3.63) is 59.1 Å². The second-order valence-corrected chi connectivity index (χ2v) is 7.29. The Balaban J connectivity index is 1.67. The van der Waals surface area contributed by atoms with E-state index in [2.05, 4.69) is 10.2 Å². The van der Waals surface area contributed by atoms with Gasteiger partial charge in [-0.25, -0.2) is 0 Å². The van der Waals surface area contributed by atoms with E-state index in [4.69, 9.17) is 16.3 Å². The van der Waals surface area contributed by atoms with E-state index in [0.717, 1.165) is 34.4 Å². The molecule has 0 bridgehead atoms. The molecule has 140 valence electrons. The predicted molar refractivity (Wildman–Crippen MR) is 109 cm³/mol. The molecule has 1 heterocycles. The summed E-state index contributed by atoms with van der Waals surface area (Å²) in [6.07, 6.45) is 0.370. The van der Waals surface area contributed by atoms with E-state index in [1.807, 2.05) is 60.0 Å². The van der Waals surface area contributed by atoms with Gasteiger partial charge in [-0.1, -0.05) is 35.5 Å². The van der Waals surface area contributed by atoms with E-state index in [9.17, 15) is 4.79 Å². The number of benzene rings is 2. The van der Waals surface area contributed by atoms with Crippen LogP contribution in [0, 0.1) is 0 Å². The van der Waals surface area contributed by atoms with Gasteiger partial charge in [0.05, 0.1) is 12.9 Å². The topological polar surface area (TPSA) is 57.0 Å². The fraction of sp³-hybridized carbons (Fsp3) is 0.250. The molecule has 3 aromatic rings. The summed E-state index contributed by atoms with van der Waals surface area (Å²) >= 11 is 7.37. The van der Waals surface area contributed by atoms with E-state index < -0.39 is 0 Å². The van der Waals surface area contributed by atoms with Gasteiger partial charge in [0.15, 0.2) is 11.0 Å². The van der Waals surface area contributed by atoms with Gasteiger partial charge in [-0.3, -0.25) is 4.79 Å². The van der Waals surface area contributed by atoms with Crippen molar-refractivity contribution in [2.24, 2.45) is 0 Å². The molecule has 0 saturated carbocycles. The van der Waals surface area contributed by atoms with E-state index in [0.29, 0.717) is 17.2 Å². The van der Waals surface area contributed by atoms with Gasteiger partial charge in [0, 0.05) is 23.6 Å². The van der Waals surface area contributed by atoms with Crippen LogP contribution in [0.15, 0.2) is 53.7 Å². The van der Waals surface area contributed by atoms with E-state index in [1.165, 1.54) is 11.8 Å². The van der Waals surface area contributed by atoms with Gasteiger partial charge in [-0.05, 0) is 48.9 Å². The van der Waals surface area contributed by atoms with Crippen LogP contribution in [0.3, 0.4) is 0 Å². The number of nitrogens with zero attached hydrogens (tertiary/aromatic N) is 3. The van der Waals surface area contributed by atoms with Crippen LogP contribution in [0.4, 0.5) is 0 Å². The average molecular weight is 402 g/mol. The molecule has 0 aliphatic rings. The van der Waals surface area contributed by atoms with Gasteiger partial charge >= 0.3 is 0 Å². The summed E-state index contributed by atoms with van der Waals surface area (Å²) in [6, 6.07) is 15.1. The molecule has 1 aromatic heterocycles. The number of ketones is 1. The molecule has 7 heteroatoms. The Morgan fingerprint density at radius 3 is 2.67 bits per heavy atom. The molecule has 0 amide bonds. The van der Waals surface area contributed by atoms with Gasteiger partial charge in [0.2, 0.25) is 0 Å². The van der Waals surface area contributed by atoms with E-state index >= 15 is 0 Å². The molecule has 0 N–H and O–H groups in total. The number of carbonyl (C=O) groups excluding carboxylic acids is 1. The van der Waals surface area contributed by atoms with Gasteiger partial charge in [0.1, 0.15) is 11.5 Å². The molecule has 0 radical (unpaired) electrons. The number of carbonyl (C=O) groups is 1. The maximum absolute atomic E-state index is 12.4. The molecule has 0 atom stereocenters. The number of hydrogen-bond acceptors (Lipinski definition) is 5. The standard InChI is InChI=1S/C20H20ClN3O2S/c1-3-24-19(15-7-9-16(21)10-8-15)22-23-20(24)27-13-17(25)11-14-5-4-6-18(12-14)26-2/h4-10,12H,3,11,13H2,1-2H3. The minimum atomic E-state index is 0.131. The quantitative estimate of drug-likeness (QED) is 0.519. The highest BCUT2D eigenvalue weighted by molar-refractivity contribution is 7.99. The lowest BCUT2D eigenvalue weighted by Crippen LogP contribution is -2.07. The Morgan fingerprint density at radius 2 is 1.96 bits per heavy atom. The monoisotopic (exact) mass is 401 g/mol. The molecule has 27 heavy (non-hydrogen) atoms. The summed E-state index contributed by atoms with van der Waals surface area (Å²) < 4.78 is 7.21. The fourth-order valence-corrected chi connectivity index (χ4v) is 3.69. The molecular weight excluding hydrogens is 382 g/mol. The van der Waals surface area contributed by atoms with Crippen LogP contribution in [0.1, 0.15) is 12.5 Å². The fourth-order valence-electron chi connectivity index (χ4n) is 2.70. The number of Topliss-reactive ketones (excluding diaryl/α,β-unsaturated/α-hetero) is 1. The number of ether oxygens (including phenoxy) is 1. The van der Waals surface area contributed by atoms with Crippen molar-refractivity contribution in [1.82, 2.24) is 14.8 Å². The van der Waals surface area contributed by atoms with E-state index in [-0.39, 0.29) is 5.78 Å². The normalized spacial score (nSPS) is 10.8. The summed E-state index contributed by atoms with van der Waals surface area (Å²) in [5, 5.41) is 9.97. The lowest BCUT2D eigenvalue weighted by atomic mass is 10.1. The van der Waals surface area contributed by atoms with Gasteiger partial charge in [-0.2, -0.15) is 0 Å².